The molecular weight excluding hydrogens is 294 g/mol. The van der Waals surface area contributed by atoms with Crippen molar-refractivity contribution in [1.82, 2.24) is 15.0 Å². The highest BCUT2D eigenvalue weighted by Gasteiger charge is 2.12. The average Bonchev–Trinajstić information content (AvgIpc) is 2.53. The maximum absolute atomic E-state index is 6.42. The van der Waals surface area contributed by atoms with Crippen molar-refractivity contribution in [2.75, 3.05) is 0 Å². The lowest BCUT2D eigenvalue weighted by molar-refractivity contribution is 1.01. The topological polar surface area (TPSA) is 38.7 Å². The molecule has 0 radical (unpaired) electrons. The fraction of sp³-hybridized carbons (Fsp3) is 0.167. The smallest absolute Gasteiger partial charge is 0.162 e. The zero-order chi connectivity index (χ0) is 15.5. The zero-order valence-corrected chi connectivity index (χ0v) is 13.3. The minimum Gasteiger partial charge on any atom is -0.264 e. The van der Waals surface area contributed by atoms with Crippen molar-refractivity contribution in [3.8, 4) is 11.4 Å². The van der Waals surface area contributed by atoms with Gasteiger partial charge in [-0.25, -0.2) is 9.97 Å². The number of hydrogen-bond acceptors (Lipinski definition) is 3. The minimum absolute atomic E-state index is 0.509. The van der Waals surface area contributed by atoms with Gasteiger partial charge in [0.25, 0.3) is 0 Å². The summed E-state index contributed by atoms with van der Waals surface area (Å²) in [5, 5.41) is 0.509. The molecule has 0 amide bonds. The van der Waals surface area contributed by atoms with Crippen LogP contribution < -0.4 is 0 Å². The molecule has 1 aromatic carbocycles. The van der Waals surface area contributed by atoms with E-state index in [1.807, 2.05) is 31.2 Å². The van der Waals surface area contributed by atoms with Crippen molar-refractivity contribution in [3.63, 3.8) is 0 Å². The normalized spacial score (nSPS) is 10.7. The Bertz CT molecular complexity index is 777. The highest BCUT2D eigenvalue weighted by atomic mass is 35.5. The van der Waals surface area contributed by atoms with Gasteiger partial charge in [0.15, 0.2) is 5.82 Å². The molecule has 0 spiro atoms. The van der Waals surface area contributed by atoms with Crippen molar-refractivity contribution < 1.29 is 0 Å². The molecular formula is C18H16ClN3. The molecule has 0 saturated carbocycles. The Morgan fingerprint density at radius 2 is 1.82 bits per heavy atom. The summed E-state index contributed by atoms with van der Waals surface area (Å²) in [6, 6.07) is 12.1. The summed E-state index contributed by atoms with van der Waals surface area (Å²) >= 11 is 6.42. The monoisotopic (exact) mass is 309 g/mol. The van der Waals surface area contributed by atoms with Crippen LogP contribution in [-0.4, -0.2) is 15.0 Å². The second-order valence-corrected chi connectivity index (χ2v) is 5.60. The summed E-state index contributed by atoms with van der Waals surface area (Å²) < 4.78 is 0. The van der Waals surface area contributed by atoms with E-state index in [1.54, 1.807) is 12.4 Å². The van der Waals surface area contributed by atoms with Gasteiger partial charge in [0.2, 0.25) is 0 Å². The van der Waals surface area contributed by atoms with Gasteiger partial charge in [-0.3, -0.25) is 4.98 Å². The van der Waals surface area contributed by atoms with Gasteiger partial charge in [-0.1, -0.05) is 35.9 Å². The number of halogens is 1. The molecule has 0 aliphatic heterocycles. The molecule has 0 N–H and O–H groups in total. The van der Waals surface area contributed by atoms with Gasteiger partial charge in [-0.2, -0.15) is 0 Å². The average molecular weight is 310 g/mol. The van der Waals surface area contributed by atoms with E-state index < -0.39 is 0 Å². The van der Waals surface area contributed by atoms with Crippen LogP contribution in [0.4, 0.5) is 0 Å². The molecule has 22 heavy (non-hydrogen) atoms. The molecule has 2 heterocycles. The number of nitrogens with zero attached hydrogens (tertiary/aromatic N) is 3. The van der Waals surface area contributed by atoms with Crippen LogP contribution in [0, 0.1) is 13.8 Å². The molecule has 3 aromatic rings. The van der Waals surface area contributed by atoms with E-state index in [9.17, 15) is 0 Å². The van der Waals surface area contributed by atoms with Crippen LogP contribution in [0.1, 0.15) is 22.4 Å². The molecule has 0 unspecified atom stereocenters. The number of rotatable bonds is 3. The van der Waals surface area contributed by atoms with Crippen LogP contribution in [0.5, 0.6) is 0 Å². The van der Waals surface area contributed by atoms with Gasteiger partial charge in [-0.15, -0.1) is 0 Å². The Labute approximate surface area is 135 Å². The molecule has 2 aromatic heterocycles. The van der Waals surface area contributed by atoms with Crippen molar-refractivity contribution in [3.05, 3.63) is 76.3 Å². The summed E-state index contributed by atoms with van der Waals surface area (Å²) in [5.74, 6) is 0.615. The summed E-state index contributed by atoms with van der Waals surface area (Å²) in [4.78, 5) is 13.1. The second-order valence-electron chi connectivity index (χ2n) is 5.25. The Kier molecular flexibility index (Phi) is 4.16. The van der Waals surface area contributed by atoms with Crippen LogP contribution in [0.3, 0.4) is 0 Å². The van der Waals surface area contributed by atoms with E-state index in [1.165, 1.54) is 11.1 Å². The van der Waals surface area contributed by atoms with Gasteiger partial charge in [0.1, 0.15) is 5.15 Å². The van der Waals surface area contributed by atoms with Crippen LogP contribution in [0.25, 0.3) is 11.4 Å². The van der Waals surface area contributed by atoms with Gasteiger partial charge >= 0.3 is 0 Å². The van der Waals surface area contributed by atoms with Gasteiger partial charge in [0, 0.05) is 35.6 Å². The predicted octanol–water partition coefficient (Wildman–Crippen LogP) is 4.40. The third-order valence-electron chi connectivity index (χ3n) is 3.71. The van der Waals surface area contributed by atoms with E-state index >= 15 is 0 Å². The fourth-order valence-corrected chi connectivity index (χ4v) is 2.67. The molecule has 3 rings (SSSR count). The predicted molar refractivity (Wildman–Crippen MR) is 89.0 cm³/mol. The van der Waals surface area contributed by atoms with Gasteiger partial charge in [-0.05, 0) is 37.1 Å². The summed E-state index contributed by atoms with van der Waals surface area (Å²) in [6.07, 6.45) is 4.21. The number of aryl methyl sites for hydroxylation is 2. The molecule has 0 aliphatic rings. The zero-order valence-electron chi connectivity index (χ0n) is 12.5. The second kappa shape index (κ2) is 6.24. The van der Waals surface area contributed by atoms with Crippen molar-refractivity contribution in [1.29, 1.82) is 0 Å². The highest BCUT2D eigenvalue weighted by Crippen LogP contribution is 2.25. The number of pyridine rings is 1. The van der Waals surface area contributed by atoms with Crippen molar-refractivity contribution in [2.45, 2.75) is 20.3 Å². The van der Waals surface area contributed by atoms with Crippen LogP contribution in [0.15, 0.2) is 48.8 Å². The first-order valence-corrected chi connectivity index (χ1v) is 7.51. The quantitative estimate of drug-likeness (QED) is 0.673. The molecule has 0 aliphatic carbocycles. The Morgan fingerprint density at radius 3 is 2.50 bits per heavy atom. The van der Waals surface area contributed by atoms with E-state index in [2.05, 4.69) is 34.0 Å². The fourth-order valence-electron chi connectivity index (χ4n) is 2.38. The van der Waals surface area contributed by atoms with E-state index in [0.29, 0.717) is 11.0 Å². The lowest BCUT2D eigenvalue weighted by atomic mass is 10.0. The summed E-state index contributed by atoms with van der Waals surface area (Å²) in [6.45, 7) is 4.07. The van der Waals surface area contributed by atoms with E-state index in [-0.39, 0.29) is 0 Å². The third-order valence-corrected chi connectivity index (χ3v) is 4.02. The van der Waals surface area contributed by atoms with Crippen molar-refractivity contribution >= 4 is 11.6 Å². The van der Waals surface area contributed by atoms with Crippen LogP contribution in [-0.2, 0) is 6.42 Å². The molecule has 0 atom stereocenters. The van der Waals surface area contributed by atoms with Gasteiger partial charge in [0.05, 0.1) is 0 Å². The maximum Gasteiger partial charge on any atom is 0.162 e. The lowest BCUT2D eigenvalue weighted by Gasteiger charge is -2.11. The first-order chi connectivity index (χ1) is 10.6. The molecule has 4 heteroatoms. The largest absolute Gasteiger partial charge is 0.264 e. The lowest BCUT2D eigenvalue weighted by Crippen LogP contribution is -2.02. The van der Waals surface area contributed by atoms with Crippen molar-refractivity contribution in [2.24, 2.45) is 0 Å². The SMILES string of the molecule is Cc1ccccc1Cc1c(C)nc(-c2cccnc2)nc1Cl. The Hall–Kier alpha value is -2.26. The first kappa shape index (κ1) is 14.7. The van der Waals surface area contributed by atoms with Crippen LogP contribution >= 0.6 is 11.6 Å². The molecule has 0 saturated heterocycles. The summed E-state index contributed by atoms with van der Waals surface area (Å²) in [7, 11) is 0. The Balaban J connectivity index is 1.99. The number of aromatic nitrogens is 3. The van der Waals surface area contributed by atoms with Crippen LogP contribution in [0.2, 0.25) is 5.15 Å². The molecule has 0 bridgehead atoms. The van der Waals surface area contributed by atoms with Gasteiger partial charge < -0.3 is 0 Å². The van der Waals surface area contributed by atoms with E-state index in [0.717, 1.165) is 23.2 Å². The Morgan fingerprint density at radius 1 is 1.00 bits per heavy atom. The minimum atomic E-state index is 0.509. The standard InChI is InChI=1S/C18H16ClN3/c1-12-6-3-4-7-14(12)10-16-13(2)21-18(22-17(16)19)15-8-5-9-20-11-15/h3-9,11H,10H2,1-2H3. The molecule has 3 nitrogen and oxygen atoms in total. The number of benzene rings is 1. The van der Waals surface area contributed by atoms with E-state index in [4.69, 9.17) is 11.6 Å². The molecule has 0 fully saturated rings. The number of hydrogen-bond donors (Lipinski definition) is 0. The maximum atomic E-state index is 6.42. The summed E-state index contributed by atoms with van der Waals surface area (Å²) in [5.41, 5.74) is 5.24. The molecule has 110 valence electrons. The first-order valence-electron chi connectivity index (χ1n) is 7.13. The highest BCUT2D eigenvalue weighted by molar-refractivity contribution is 6.30. The third kappa shape index (κ3) is 3.00.